The summed E-state index contributed by atoms with van der Waals surface area (Å²) in [6.45, 7) is 1.21. The molecule has 0 bridgehead atoms. The molecule has 2 aliphatic rings. The second-order valence-electron chi connectivity index (χ2n) is 11.7. The molecular formula is C33H42N6O5. The predicted molar refractivity (Wildman–Crippen MR) is 166 cm³/mol. The van der Waals surface area contributed by atoms with Gasteiger partial charge in [-0.05, 0) is 36.8 Å². The highest BCUT2D eigenvalue weighted by Crippen LogP contribution is 2.33. The first-order chi connectivity index (χ1) is 21.6. The number of imidazole rings is 1. The lowest BCUT2D eigenvalue weighted by Crippen LogP contribution is -2.35. The van der Waals surface area contributed by atoms with Crippen molar-refractivity contribution in [3.8, 4) is 0 Å². The highest BCUT2D eigenvalue weighted by molar-refractivity contribution is 5.83. The topological polar surface area (TPSA) is 136 Å². The molecule has 11 nitrogen and oxygen atoms in total. The number of aliphatic hydroxyl groups is 2. The summed E-state index contributed by atoms with van der Waals surface area (Å²) in [6.07, 6.45) is 2.21. The van der Waals surface area contributed by atoms with Crippen LogP contribution in [0.2, 0.25) is 0 Å². The van der Waals surface area contributed by atoms with Gasteiger partial charge in [0.15, 0.2) is 23.2 Å². The summed E-state index contributed by atoms with van der Waals surface area (Å²) in [6, 6.07) is 21.2. The van der Waals surface area contributed by atoms with E-state index in [4.69, 9.17) is 24.2 Å². The van der Waals surface area contributed by atoms with Crippen LogP contribution in [0.5, 0.6) is 0 Å². The molecule has 11 heteroatoms. The van der Waals surface area contributed by atoms with Crippen molar-refractivity contribution in [1.82, 2.24) is 24.8 Å². The number of fused-ring (bicyclic) bond motifs is 1. The number of benzene rings is 2. The molecule has 0 amide bonds. The Labute approximate surface area is 257 Å². The van der Waals surface area contributed by atoms with Crippen LogP contribution < -0.4 is 10.6 Å². The Bertz CT molecular complexity index is 1440. The SMILES string of the molecule is COC[C@H]1OC(n2cnc3c(NCC(c4ccccc4)c4ccccc4)nc(CNC4CCC(OC)CC4)nc32)[C@H](O)[C@@H]1O. The molecule has 0 spiro atoms. The summed E-state index contributed by atoms with van der Waals surface area (Å²) in [5.74, 6) is 1.28. The molecule has 1 unspecified atom stereocenters. The van der Waals surface area contributed by atoms with Crippen LogP contribution in [0.15, 0.2) is 67.0 Å². The number of anilines is 1. The van der Waals surface area contributed by atoms with Crippen molar-refractivity contribution in [2.75, 3.05) is 32.7 Å². The van der Waals surface area contributed by atoms with Crippen LogP contribution in [-0.2, 0) is 20.8 Å². The molecule has 1 aliphatic carbocycles. The van der Waals surface area contributed by atoms with E-state index in [1.165, 1.54) is 18.2 Å². The van der Waals surface area contributed by atoms with Gasteiger partial charge in [0, 0.05) is 32.7 Å². The third kappa shape index (κ3) is 6.63. The van der Waals surface area contributed by atoms with Gasteiger partial charge in [0.2, 0.25) is 0 Å². The minimum Gasteiger partial charge on any atom is -0.387 e. The summed E-state index contributed by atoms with van der Waals surface area (Å²) in [7, 11) is 3.31. The summed E-state index contributed by atoms with van der Waals surface area (Å²) in [5.41, 5.74) is 3.47. The van der Waals surface area contributed by atoms with Gasteiger partial charge in [-0.3, -0.25) is 4.57 Å². The Kier molecular flexibility index (Phi) is 9.80. The Morgan fingerprint density at radius 3 is 2.25 bits per heavy atom. The average Bonchev–Trinajstić information content (AvgIpc) is 3.61. The molecule has 4 aromatic rings. The van der Waals surface area contributed by atoms with E-state index in [2.05, 4.69) is 64.1 Å². The van der Waals surface area contributed by atoms with E-state index in [0.717, 1.165) is 25.7 Å². The maximum absolute atomic E-state index is 10.9. The first-order valence-corrected chi connectivity index (χ1v) is 15.4. The van der Waals surface area contributed by atoms with Crippen molar-refractivity contribution in [2.24, 2.45) is 0 Å². The van der Waals surface area contributed by atoms with E-state index >= 15 is 0 Å². The molecule has 3 heterocycles. The summed E-state index contributed by atoms with van der Waals surface area (Å²) >= 11 is 0. The van der Waals surface area contributed by atoms with Crippen LogP contribution in [0.3, 0.4) is 0 Å². The molecule has 1 saturated heterocycles. The second-order valence-corrected chi connectivity index (χ2v) is 11.7. The third-order valence-corrected chi connectivity index (χ3v) is 8.84. The quantitative estimate of drug-likeness (QED) is 0.191. The zero-order valence-electron chi connectivity index (χ0n) is 25.3. The fraction of sp³-hybridized carbons (Fsp3) is 0.485. The summed E-state index contributed by atoms with van der Waals surface area (Å²) in [4.78, 5) is 14.5. The van der Waals surface area contributed by atoms with Gasteiger partial charge in [-0.2, -0.15) is 0 Å². The van der Waals surface area contributed by atoms with Crippen LogP contribution in [0.1, 0.15) is 54.8 Å². The van der Waals surface area contributed by atoms with Gasteiger partial charge in [0.25, 0.3) is 0 Å². The van der Waals surface area contributed by atoms with Crippen LogP contribution in [0, 0.1) is 0 Å². The fourth-order valence-corrected chi connectivity index (χ4v) is 6.35. The normalized spacial score (nSPS) is 25.6. The van der Waals surface area contributed by atoms with Crippen molar-refractivity contribution in [3.05, 3.63) is 83.9 Å². The lowest BCUT2D eigenvalue weighted by Gasteiger charge is -2.28. The lowest BCUT2D eigenvalue weighted by molar-refractivity contribution is -0.0580. The molecule has 6 rings (SSSR count). The largest absolute Gasteiger partial charge is 0.387 e. The number of aromatic nitrogens is 4. The number of methoxy groups -OCH3 is 2. The van der Waals surface area contributed by atoms with Crippen molar-refractivity contribution < 1.29 is 24.4 Å². The number of aliphatic hydroxyl groups excluding tert-OH is 2. The van der Waals surface area contributed by atoms with Crippen molar-refractivity contribution in [2.45, 2.75) is 74.8 Å². The molecule has 1 aliphatic heterocycles. The number of ether oxygens (including phenoxy) is 3. The second kappa shape index (κ2) is 14.1. The van der Waals surface area contributed by atoms with E-state index < -0.39 is 24.5 Å². The first-order valence-electron chi connectivity index (χ1n) is 15.4. The van der Waals surface area contributed by atoms with Gasteiger partial charge in [-0.15, -0.1) is 0 Å². The molecule has 4 atom stereocenters. The van der Waals surface area contributed by atoms with Crippen LogP contribution in [0.4, 0.5) is 5.82 Å². The molecule has 2 aromatic heterocycles. The third-order valence-electron chi connectivity index (χ3n) is 8.84. The number of hydrogen-bond acceptors (Lipinski definition) is 10. The highest BCUT2D eigenvalue weighted by Gasteiger charge is 2.44. The van der Waals surface area contributed by atoms with E-state index in [1.807, 2.05) is 12.1 Å². The summed E-state index contributed by atoms with van der Waals surface area (Å²) in [5, 5.41) is 28.7. The molecule has 2 fully saturated rings. The molecule has 0 radical (unpaired) electrons. The smallest absolute Gasteiger partial charge is 0.168 e. The van der Waals surface area contributed by atoms with E-state index in [1.54, 1.807) is 18.0 Å². The average molecular weight is 603 g/mol. The number of nitrogens with one attached hydrogen (secondary N) is 2. The van der Waals surface area contributed by atoms with Crippen molar-refractivity contribution >= 4 is 17.0 Å². The van der Waals surface area contributed by atoms with Gasteiger partial charge < -0.3 is 35.1 Å². The van der Waals surface area contributed by atoms with Gasteiger partial charge in [-0.1, -0.05) is 60.7 Å². The zero-order valence-corrected chi connectivity index (χ0v) is 25.3. The Hall–Kier alpha value is -3.45. The number of hydrogen-bond donors (Lipinski definition) is 4. The minimum absolute atomic E-state index is 0.0759. The van der Waals surface area contributed by atoms with E-state index in [9.17, 15) is 10.2 Å². The van der Waals surface area contributed by atoms with Crippen LogP contribution >= 0.6 is 0 Å². The lowest BCUT2D eigenvalue weighted by atomic mass is 9.91. The molecule has 2 aromatic carbocycles. The van der Waals surface area contributed by atoms with E-state index in [0.29, 0.717) is 48.0 Å². The number of rotatable bonds is 12. The molecule has 234 valence electrons. The Morgan fingerprint density at radius 1 is 0.932 bits per heavy atom. The standard InChI is InChI=1S/C33H42N6O5/c1-42-19-26-29(40)30(41)33(44-26)39-20-36-28-31(35-17-25(21-9-5-3-6-10-21)22-11-7-4-8-12-22)37-27(38-32(28)39)18-34-23-13-15-24(43-2)16-14-23/h3-12,20,23-26,29-30,33-34,40-41H,13-19H2,1-2H3,(H,35,37,38)/t23?,24?,26-,29-,30-,33?/m1/s1. The van der Waals surface area contributed by atoms with Crippen molar-refractivity contribution in [1.29, 1.82) is 0 Å². The molecular weight excluding hydrogens is 560 g/mol. The van der Waals surface area contributed by atoms with Gasteiger partial charge in [0.05, 0.1) is 25.6 Å². The maximum Gasteiger partial charge on any atom is 0.168 e. The van der Waals surface area contributed by atoms with Crippen LogP contribution in [0.25, 0.3) is 11.2 Å². The molecule has 4 N–H and O–H groups in total. The predicted octanol–water partition coefficient (Wildman–Crippen LogP) is 3.38. The highest BCUT2D eigenvalue weighted by atomic mass is 16.6. The van der Waals surface area contributed by atoms with Crippen molar-refractivity contribution in [3.63, 3.8) is 0 Å². The molecule has 44 heavy (non-hydrogen) atoms. The van der Waals surface area contributed by atoms with E-state index in [-0.39, 0.29) is 12.5 Å². The molecule has 1 saturated carbocycles. The van der Waals surface area contributed by atoms with Gasteiger partial charge >= 0.3 is 0 Å². The first kappa shape index (κ1) is 30.6. The van der Waals surface area contributed by atoms with Gasteiger partial charge in [0.1, 0.15) is 24.1 Å². The monoisotopic (exact) mass is 602 g/mol. The summed E-state index contributed by atoms with van der Waals surface area (Å²) < 4.78 is 18.5. The fourth-order valence-electron chi connectivity index (χ4n) is 6.35. The Balaban J connectivity index is 1.30. The van der Waals surface area contributed by atoms with Crippen LogP contribution in [-0.4, -0.2) is 87.6 Å². The zero-order chi connectivity index (χ0) is 30.5. The number of nitrogens with zero attached hydrogens (tertiary/aromatic N) is 4. The van der Waals surface area contributed by atoms with Gasteiger partial charge in [-0.25, -0.2) is 15.0 Å². The Morgan fingerprint density at radius 2 is 1.61 bits per heavy atom. The maximum atomic E-state index is 10.9. The minimum atomic E-state index is -1.17.